The largest absolute Gasteiger partial charge is 0.389 e. The van der Waals surface area contributed by atoms with Crippen LogP contribution in [-0.2, 0) is 4.79 Å². The van der Waals surface area contributed by atoms with E-state index in [2.05, 4.69) is 13.8 Å². The van der Waals surface area contributed by atoms with E-state index in [1.54, 1.807) is 6.08 Å². The maximum Gasteiger partial charge on any atom is 0.162 e. The van der Waals surface area contributed by atoms with Gasteiger partial charge in [0.25, 0.3) is 0 Å². The molecule has 0 aromatic carbocycles. The van der Waals surface area contributed by atoms with Gasteiger partial charge in [0, 0.05) is 6.42 Å². The molecule has 0 fully saturated rings. The highest BCUT2D eigenvalue weighted by molar-refractivity contribution is 5.83. The molecule has 2 unspecified atom stereocenters. The molecule has 0 aliphatic carbocycles. The SMILES string of the molecule is CCCCCCCCCCCCCCCCCC(=O)C(O)[C@H](N)[C@H](O)/C=C/C(O)CCCCCCCCCCCC. The van der Waals surface area contributed by atoms with Crippen LogP contribution in [0, 0.1) is 0 Å². The minimum atomic E-state index is -1.37. The van der Waals surface area contributed by atoms with Crippen LogP contribution in [0.3, 0.4) is 0 Å². The Morgan fingerprint density at radius 3 is 1.27 bits per heavy atom. The summed E-state index contributed by atoms with van der Waals surface area (Å²) in [7, 11) is 0. The smallest absolute Gasteiger partial charge is 0.162 e. The van der Waals surface area contributed by atoms with Crippen molar-refractivity contribution in [2.45, 2.75) is 212 Å². The molecule has 0 saturated carbocycles. The Balaban J connectivity index is 3.74. The number of carbonyl (C=O) groups is 1. The van der Waals surface area contributed by atoms with Crippen molar-refractivity contribution in [1.29, 1.82) is 0 Å². The Bertz CT molecular complexity index is 582. The maximum absolute atomic E-state index is 12.4. The van der Waals surface area contributed by atoms with E-state index in [-0.39, 0.29) is 5.78 Å². The molecule has 0 amide bonds. The van der Waals surface area contributed by atoms with Crippen molar-refractivity contribution >= 4 is 5.78 Å². The molecule has 0 spiro atoms. The first-order valence-corrected chi connectivity index (χ1v) is 17.9. The van der Waals surface area contributed by atoms with Gasteiger partial charge < -0.3 is 21.1 Å². The van der Waals surface area contributed by atoms with Crippen molar-refractivity contribution in [2.24, 2.45) is 5.73 Å². The lowest BCUT2D eigenvalue weighted by Gasteiger charge is -2.21. The van der Waals surface area contributed by atoms with Gasteiger partial charge in [0.05, 0.1) is 18.2 Å². The molecule has 5 heteroatoms. The van der Waals surface area contributed by atoms with E-state index in [0.29, 0.717) is 12.8 Å². The van der Waals surface area contributed by atoms with Crippen LogP contribution in [-0.4, -0.2) is 45.5 Å². The van der Waals surface area contributed by atoms with E-state index in [1.165, 1.54) is 134 Å². The number of rotatable bonds is 32. The van der Waals surface area contributed by atoms with Crippen LogP contribution in [0.4, 0.5) is 0 Å². The van der Waals surface area contributed by atoms with Crippen LogP contribution < -0.4 is 5.73 Å². The molecule has 0 aliphatic rings. The molecule has 4 atom stereocenters. The minimum Gasteiger partial charge on any atom is -0.389 e. The van der Waals surface area contributed by atoms with Gasteiger partial charge in [0.1, 0.15) is 6.10 Å². The Labute approximate surface area is 255 Å². The van der Waals surface area contributed by atoms with Gasteiger partial charge in [-0.1, -0.05) is 180 Å². The van der Waals surface area contributed by atoms with Crippen LogP contribution in [0.1, 0.15) is 187 Å². The number of nitrogens with two attached hydrogens (primary N) is 1. The second-order valence-electron chi connectivity index (χ2n) is 12.6. The van der Waals surface area contributed by atoms with Crippen LogP contribution in [0.5, 0.6) is 0 Å². The number of hydrogen-bond donors (Lipinski definition) is 4. The number of aliphatic hydroxyl groups is 3. The number of aliphatic hydroxyl groups excluding tert-OH is 3. The van der Waals surface area contributed by atoms with Gasteiger partial charge in [-0.3, -0.25) is 4.79 Å². The summed E-state index contributed by atoms with van der Waals surface area (Å²) in [5.74, 6) is -0.300. The van der Waals surface area contributed by atoms with Gasteiger partial charge in [0.15, 0.2) is 5.78 Å². The van der Waals surface area contributed by atoms with Crippen LogP contribution >= 0.6 is 0 Å². The third kappa shape index (κ3) is 26.6. The lowest BCUT2D eigenvalue weighted by molar-refractivity contribution is -0.129. The molecule has 0 aliphatic heterocycles. The molecular formula is C36H71NO4. The molecule has 5 N–H and O–H groups in total. The average Bonchev–Trinajstić information content (AvgIpc) is 2.97. The second kappa shape index (κ2) is 30.7. The van der Waals surface area contributed by atoms with E-state index >= 15 is 0 Å². The zero-order chi connectivity index (χ0) is 30.4. The number of unbranched alkanes of at least 4 members (excludes halogenated alkanes) is 23. The highest BCUT2D eigenvalue weighted by atomic mass is 16.3. The van der Waals surface area contributed by atoms with Gasteiger partial charge in [0.2, 0.25) is 0 Å². The van der Waals surface area contributed by atoms with Gasteiger partial charge in [-0.25, -0.2) is 0 Å². The molecule has 0 aromatic heterocycles. The summed E-state index contributed by atoms with van der Waals surface area (Å²) in [6, 6.07) is -1.07. The summed E-state index contributed by atoms with van der Waals surface area (Å²) >= 11 is 0. The summed E-state index contributed by atoms with van der Waals surface area (Å²) in [5, 5.41) is 30.8. The second-order valence-corrected chi connectivity index (χ2v) is 12.6. The molecule has 0 saturated heterocycles. The first kappa shape index (κ1) is 40.2. The number of Topliss-reactive ketones (excluding diaryl/α,β-unsaturated/α-hetero) is 1. The van der Waals surface area contributed by atoms with E-state index in [0.717, 1.165) is 32.1 Å². The standard InChI is InChI=1S/C36H71NO4/c1-3-5-7-9-11-13-15-16-17-18-19-21-23-25-27-29-34(40)36(41)35(37)33(39)31-30-32(38)28-26-24-22-20-14-12-10-8-6-4-2/h30-33,35-36,38-39,41H,3-29,37H2,1-2H3/b31-30+/t32?,33-,35-,36?/m1/s1. The predicted octanol–water partition coefficient (Wildman–Crippen LogP) is 9.09. The summed E-state index contributed by atoms with van der Waals surface area (Å²) in [6.07, 6.45) is 32.2. The van der Waals surface area contributed by atoms with E-state index < -0.39 is 24.4 Å². The molecule has 0 radical (unpaired) electrons. The zero-order valence-corrected chi connectivity index (χ0v) is 27.4. The van der Waals surface area contributed by atoms with Crippen LogP contribution in [0.2, 0.25) is 0 Å². The number of hydrogen-bond acceptors (Lipinski definition) is 5. The average molecular weight is 582 g/mol. The fourth-order valence-electron chi connectivity index (χ4n) is 5.53. The molecule has 0 heterocycles. The first-order chi connectivity index (χ1) is 19.9. The van der Waals surface area contributed by atoms with E-state index in [4.69, 9.17) is 5.73 Å². The molecule has 0 aromatic rings. The van der Waals surface area contributed by atoms with Gasteiger partial charge in [-0.2, -0.15) is 0 Å². The molecule has 0 bridgehead atoms. The molecule has 5 nitrogen and oxygen atoms in total. The quantitative estimate of drug-likeness (QED) is 0.0468. The zero-order valence-electron chi connectivity index (χ0n) is 27.4. The number of carbonyl (C=O) groups excluding carboxylic acids is 1. The Kier molecular flexibility index (Phi) is 30.1. The summed E-state index contributed by atoms with van der Waals surface area (Å²) in [4.78, 5) is 12.4. The van der Waals surface area contributed by atoms with Crippen molar-refractivity contribution in [2.75, 3.05) is 0 Å². The molecule has 41 heavy (non-hydrogen) atoms. The molecule has 244 valence electrons. The minimum absolute atomic E-state index is 0.297. The normalized spacial score (nSPS) is 14.9. The Morgan fingerprint density at radius 1 is 0.537 bits per heavy atom. The fraction of sp³-hybridized carbons (Fsp3) is 0.917. The molecular weight excluding hydrogens is 510 g/mol. The van der Waals surface area contributed by atoms with Gasteiger partial charge in [-0.15, -0.1) is 0 Å². The Hall–Kier alpha value is -0.750. The van der Waals surface area contributed by atoms with Gasteiger partial charge >= 0.3 is 0 Å². The third-order valence-electron chi connectivity index (χ3n) is 8.50. The van der Waals surface area contributed by atoms with Crippen molar-refractivity contribution in [1.82, 2.24) is 0 Å². The number of ketones is 1. The summed E-state index contributed by atoms with van der Waals surface area (Å²) in [5.41, 5.74) is 5.96. The predicted molar refractivity (Wildman–Crippen MR) is 176 cm³/mol. The highest BCUT2D eigenvalue weighted by Gasteiger charge is 2.27. The monoisotopic (exact) mass is 582 g/mol. The topological polar surface area (TPSA) is 104 Å². The summed E-state index contributed by atoms with van der Waals surface area (Å²) in [6.45, 7) is 4.51. The lowest BCUT2D eigenvalue weighted by Crippen LogP contribution is -2.47. The van der Waals surface area contributed by atoms with Crippen molar-refractivity contribution in [3.63, 3.8) is 0 Å². The van der Waals surface area contributed by atoms with E-state index in [9.17, 15) is 20.1 Å². The van der Waals surface area contributed by atoms with Gasteiger partial charge in [-0.05, 0) is 12.8 Å². The lowest BCUT2D eigenvalue weighted by atomic mass is 9.97. The third-order valence-corrected chi connectivity index (χ3v) is 8.50. The van der Waals surface area contributed by atoms with Crippen molar-refractivity contribution < 1.29 is 20.1 Å². The maximum atomic E-state index is 12.4. The van der Waals surface area contributed by atoms with Crippen molar-refractivity contribution in [3.8, 4) is 0 Å². The highest BCUT2D eigenvalue weighted by Crippen LogP contribution is 2.15. The fourth-order valence-corrected chi connectivity index (χ4v) is 5.53. The first-order valence-electron chi connectivity index (χ1n) is 17.9. The van der Waals surface area contributed by atoms with Crippen molar-refractivity contribution in [3.05, 3.63) is 12.2 Å². The summed E-state index contributed by atoms with van der Waals surface area (Å²) < 4.78 is 0. The van der Waals surface area contributed by atoms with E-state index in [1.807, 2.05) is 0 Å². The van der Waals surface area contributed by atoms with Crippen LogP contribution in [0.25, 0.3) is 0 Å². The molecule has 0 rings (SSSR count). The van der Waals surface area contributed by atoms with Crippen LogP contribution in [0.15, 0.2) is 12.2 Å². The Morgan fingerprint density at radius 2 is 0.878 bits per heavy atom.